The molecule has 0 heterocycles. The Labute approximate surface area is 95.9 Å². The van der Waals surface area contributed by atoms with Crippen molar-refractivity contribution in [3.05, 3.63) is 35.4 Å². The Hall–Kier alpha value is -1.64. The molecule has 1 aromatic carbocycles. The number of benzene rings is 1. The van der Waals surface area contributed by atoms with Crippen LogP contribution < -0.4 is 5.32 Å². The third-order valence-electron chi connectivity index (χ3n) is 2.51. The van der Waals surface area contributed by atoms with E-state index in [1.807, 2.05) is 12.1 Å². The minimum atomic E-state index is -0.0659. The highest BCUT2D eigenvalue weighted by molar-refractivity contribution is 5.74. The average molecular weight is 219 g/mol. The average Bonchev–Trinajstić information content (AvgIpc) is 2.25. The number of nitrogens with one attached hydrogen (secondary N) is 1. The van der Waals surface area contributed by atoms with Gasteiger partial charge in [-0.3, -0.25) is 9.59 Å². The fraction of sp³-hybridized carbons (Fsp3) is 0.385. The summed E-state index contributed by atoms with van der Waals surface area (Å²) in [5, 5.41) is 2.81. The molecule has 1 atom stereocenters. The summed E-state index contributed by atoms with van der Waals surface area (Å²) in [6, 6.07) is 7.21. The van der Waals surface area contributed by atoms with Crippen LogP contribution in [0, 0.1) is 5.41 Å². The molecule has 1 amide bonds. The van der Waals surface area contributed by atoms with Crippen LogP contribution in [0.15, 0.2) is 24.3 Å². The Morgan fingerprint density at radius 2 is 1.69 bits per heavy atom. The van der Waals surface area contributed by atoms with E-state index in [1.54, 1.807) is 12.1 Å². The molecule has 0 saturated heterocycles. The third-order valence-corrected chi connectivity index (χ3v) is 2.51. The molecule has 1 rings (SSSR count). The van der Waals surface area contributed by atoms with Gasteiger partial charge in [-0.25, -0.2) is 0 Å². The van der Waals surface area contributed by atoms with Gasteiger partial charge < -0.3 is 5.32 Å². The van der Waals surface area contributed by atoms with Gasteiger partial charge in [0.05, 0.1) is 6.04 Å². The Morgan fingerprint density at radius 3 is 2.06 bits per heavy atom. The Kier molecular flexibility index (Phi) is 3.82. The molecule has 86 valence electrons. The van der Waals surface area contributed by atoms with Gasteiger partial charge in [-0.1, -0.05) is 45.0 Å². The van der Waals surface area contributed by atoms with Crippen molar-refractivity contribution < 1.29 is 9.59 Å². The van der Waals surface area contributed by atoms with E-state index >= 15 is 0 Å². The molecule has 1 unspecified atom stereocenters. The summed E-state index contributed by atoms with van der Waals surface area (Å²) >= 11 is 0. The normalized spacial score (nSPS) is 12.9. The number of carbonyl (C=O) groups is 2. The summed E-state index contributed by atoms with van der Waals surface area (Å²) in [7, 11) is 0. The number of rotatable bonds is 4. The van der Waals surface area contributed by atoms with Crippen molar-refractivity contribution in [3.8, 4) is 0 Å². The first kappa shape index (κ1) is 12.4. The van der Waals surface area contributed by atoms with Crippen LogP contribution in [0.1, 0.15) is 42.7 Å². The molecule has 0 fully saturated rings. The summed E-state index contributed by atoms with van der Waals surface area (Å²) in [5.41, 5.74) is 1.58. The van der Waals surface area contributed by atoms with Crippen LogP contribution in [0.2, 0.25) is 0 Å². The van der Waals surface area contributed by atoms with Crippen LogP contribution in [0.3, 0.4) is 0 Å². The van der Waals surface area contributed by atoms with E-state index in [0.717, 1.165) is 11.8 Å². The Morgan fingerprint density at radius 1 is 1.12 bits per heavy atom. The fourth-order valence-corrected chi connectivity index (χ4v) is 1.68. The molecule has 0 bridgehead atoms. The van der Waals surface area contributed by atoms with Gasteiger partial charge in [-0.2, -0.15) is 0 Å². The molecule has 16 heavy (non-hydrogen) atoms. The first-order valence-corrected chi connectivity index (χ1v) is 5.24. The van der Waals surface area contributed by atoms with Gasteiger partial charge in [0.1, 0.15) is 6.29 Å². The van der Waals surface area contributed by atoms with Gasteiger partial charge in [0, 0.05) is 5.56 Å². The van der Waals surface area contributed by atoms with Crippen molar-refractivity contribution in [1.82, 2.24) is 5.32 Å². The largest absolute Gasteiger partial charge is 0.351 e. The molecule has 0 radical (unpaired) electrons. The van der Waals surface area contributed by atoms with Gasteiger partial charge in [-0.05, 0) is 11.0 Å². The molecule has 3 heteroatoms. The Bertz CT molecular complexity index is 363. The molecule has 0 saturated carbocycles. The number of hydrogen-bond acceptors (Lipinski definition) is 2. The van der Waals surface area contributed by atoms with Crippen molar-refractivity contribution in [1.29, 1.82) is 0 Å². The second-order valence-corrected chi connectivity index (χ2v) is 4.87. The van der Waals surface area contributed by atoms with E-state index in [-0.39, 0.29) is 11.5 Å². The van der Waals surface area contributed by atoms with Crippen molar-refractivity contribution in [3.63, 3.8) is 0 Å². The van der Waals surface area contributed by atoms with E-state index in [0.29, 0.717) is 12.0 Å². The summed E-state index contributed by atoms with van der Waals surface area (Å²) in [6.45, 7) is 6.17. The minimum absolute atomic E-state index is 0.0503. The minimum Gasteiger partial charge on any atom is -0.351 e. The van der Waals surface area contributed by atoms with Crippen molar-refractivity contribution in [2.45, 2.75) is 26.8 Å². The Balaban J connectivity index is 3.01. The zero-order valence-electron chi connectivity index (χ0n) is 9.86. The molecule has 0 spiro atoms. The highest BCUT2D eigenvalue weighted by Crippen LogP contribution is 2.32. The molecule has 0 aliphatic rings. The predicted molar refractivity (Wildman–Crippen MR) is 63.2 cm³/mol. The van der Waals surface area contributed by atoms with E-state index in [1.165, 1.54) is 0 Å². The van der Waals surface area contributed by atoms with Gasteiger partial charge >= 0.3 is 0 Å². The highest BCUT2D eigenvalue weighted by Gasteiger charge is 2.25. The molecule has 3 nitrogen and oxygen atoms in total. The third kappa shape index (κ3) is 2.92. The van der Waals surface area contributed by atoms with E-state index < -0.39 is 0 Å². The van der Waals surface area contributed by atoms with Gasteiger partial charge in [-0.15, -0.1) is 0 Å². The van der Waals surface area contributed by atoms with Crippen LogP contribution in [-0.2, 0) is 4.79 Å². The molecule has 1 N–H and O–H groups in total. The lowest BCUT2D eigenvalue weighted by Gasteiger charge is -2.30. The number of aldehydes is 1. The maximum atomic E-state index is 10.6. The maximum absolute atomic E-state index is 10.6. The summed E-state index contributed by atoms with van der Waals surface area (Å²) in [5.74, 6) is 0. The molecular weight excluding hydrogens is 202 g/mol. The lowest BCUT2D eigenvalue weighted by atomic mass is 9.82. The van der Waals surface area contributed by atoms with Crippen LogP contribution >= 0.6 is 0 Å². The first-order chi connectivity index (χ1) is 7.49. The van der Waals surface area contributed by atoms with E-state index in [2.05, 4.69) is 26.1 Å². The van der Waals surface area contributed by atoms with Crippen LogP contribution in [-0.4, -0.2) is 12.7 Å². The van der Waals surface area contributed by atoms with Crippen molar-refractivity contribution >= 4 is 12.7 Å². The summed E-state index contributed by atoms with van der Waals surface area (Å²) in [6.07, 6.45) is 1.52. The maximum Gasteiger partial charge on any atom is 0.207 e. The second-order valence-electron chi connectivity index (χ2n) is 4.87. The number of carbonyl (C=O) groups excluding carboxylic acids is 2. The predicted octanol–water partition coefficient (Wildman–Crippen LogP) is 2.33. The van der Waals surface area contributed by atoms with Crippen LogP contribution in [0.25, 0.3) is 0 Å². The number of amides is 1. The SMILES string of the molecule is CC(C)(C)C(NC=O)c1ccc(C=O)cc1. The second kappa shape index (κ2) is 4.92. The molecule has 0 aliphatic heterocycles. The summed E-state index contributed by atoms with van der Waals surface area (Å²) < 4.78 is 0. The van der Waals surface area contributed by atoms with Crippen molar-refractivity contribution in [2.24, 2.45) is 5.41 Å². The topological polar surface area (TPSA) is 46.2 Å². The van der Waals surface area contributed by atoms with Crippen molar-refractivity contribution in [2.75, 3.05) is 0 Å². The molecule has 1 aromatic rings. The smallest absolute Gasteiger partial charge is 0.207 e. The van der Waals surface area contributed by atoms with Gasteiger partial charge in [0.25, 0.3) is 0 Å². The monoisotopic (exact) mass is 219 g/mol. The molecule has 0 aliphatic carbocycles. The molecular formula is C13H17NO2. The first-order valence-electron chi connectivity index (χ1n) is 5.24. The summed E-state index contributed by atoms with van der Waals surface area (Å²) in [4.78, 5) is 21.1. The van der Waals surface area contributed by atoms with E-state index in [4.69, 9.17) is 0 Å². The zero-order chi connectivity index (χ0) is 12.2. The zero-order valence-corrected chi connectivity index (χ0v) is 9.86. The standard InChI is InChI=1S/C13H17NO2/c1-13(2,3)12(14-9-16)11-6-4-10(8-15)5-7-11/h4-9,12H,1-3H3,(H,14,16). The number of hydrogen-bond donors (Lipinski definition) is 1. The van der Waals surface area contributed by atoms with Gasteiger partial charge in [0.2, 0.25) is 6.41 Å². The lowest BCUT2D eigenvalue weighted by molar-refractivity contribution is -0.110. The van der Waals surface area contributed by atoms with Crippen LogP contribution in [0.5, 0.6) is 0 Å². The molecule has 0 aromatic heterocycles. The lowest BCUT2D eigenvalue weighted by Crippen LogP contribution is -2.31. The van der Waals surface area contributed by atoms with E-state index in [9.17, 15) is 9.59 Å². The van der Waals surface area contributed by atoms with Crippen LogP contribution in [0.4, 0.5) is 0 Å². The van der Waals surface area contributed by atoms with Gasteiger partial charge in [0.15, 0.2) is 0 Å². The quantitative estimate of drug-likeness (QED) is 0.790. The fourth-order valence-electron chi connectivity index (χ4n) is 1.68. The highest BCUT2D eigenvalue weighted by atomic mass is 16.1.